The number of likely N-dealkylation sites (tertiary alicyclic amines) is 1. The lowest BCUT2D eigenvalue weighted by molar-refractivity contribution is -0.129. The lowest BCUT2D eigenvalue weighted by Crippen LogP contribution is -2.47. The van der Waals surface area contributed by atoms with Crippen LogP contribution >= 0.6 is 0 Å². The Hall–Kier alpha value is -2.96. The lowest BCUT2D eigenvalue weighted by atomic mass is 9.99. The molecule has 1 aliphatic rings. The van der Waals surface area contributed by atoms with Gasteiger partial charge in [-0.3, -0.25) is 4.79 Å². The minimum absolute atomic E-state index is 0.0108. The summed E-state index contributed by atoms with van der Waals surface area (Å²) >= 11 is 0. The van der Waals surface area contributed by atoms with Crippen molar-refractivity contribution in [3.05, 3.63) is 84.5 Å². The third kappa shape index (κ3) is 6.53. The van der Waals surface area contributed by atoms with E-state index in [0.717, 1.165) is 36.0 Å². The van der Waals surface area contributed by atoms with Crippen LogP contribution in [-0.2, 0) is 11.3 Å². The maximum atomic E-state index is 13.5. The second kappa shape index (κ2) is 12.3. The van der Waals surface area contributed by atoms with Gasteiger partial charge >= 0.3 is 0 Å². The normalized spacial score (nSPS) is 14.9. The summed E-state index contributed by atoms with van der Waals surface area (Å²) in [5.74, 6) is -0.255. The van der Waals surface area contributed by atoms with E-state index < -0.39 is 0 Å². The minimum atomic E-state index is -0.266. The second-order valence-corrected chi connectivity index (χ2v) is 8.22. The maximum absolute atomic E-state index is 13.5. The van der Waals surface area contributed by atoms with E-state index in [4.69, 9.17) is 5.11 Å². The van der Waals surface area contributed by atoms with Gasteiger partial charge < -0.3 is 20.2 Å². The molecule has 1 fully saturated rings. The molecule has 0 aliphatic carbocycles. The number of hydrogen-bond donors (Lipinski definition) is 2. The van der Waals surface area contributed by atoms with Crippen LogP contribution in [0.4, 0.5) is 4.39 Å². The molecule has 0 bridgehead atoms. The Morgan fingerprint density at radius 3 is 2.55 bits per heavy atom. The van der Waals surface area contributed by atoms with E-state index in [1.807, 2.05) is 47.1 Å². The van der Waals surface area contributed by atoms with Crippen molar-refractivity contribution in [2.45, 2.75) is 38.8 Å². The smallest absolute Gasteiger partial charge is 0.270 e. The molecular formula is C27H34FN3O2. The van der Waals surface area contributed by atoms with Gasteiger partial charge in [-0.25, -0.2) is 4.39 Å². The Labute approximate surface area is 196 Å². The van der Waals surface area contributed by atoms with E-state index >= 15 is 0 Å². The molecule has 33 heavy (non-hydrogen) atoms. The first-order valence-corrected chi connectivity index (χ1v) is 11.6. The van der Waals surface area contributed by atoms with Crippen LogP contribution in [0.5, 0.6) is 0 Å². The molecule has 2 aromatic rings. The van der Waals surface area contributed by atoms with Gasteiger partial charge in [-0.2, -0.15) is 0 Å². The Kier molecular flexibility index (Phi) is 9.22. The molecule has 176 valence electrons. The summed E-state index contributed by atoms with van der Waals surface area (Å²) in [5, 5.41) is 12.3. The minimum Gasteiger partial charge on any atom is -0.395 e. The highest BCUT2D eigenvalue weighted by atomic mass is 19.1. The molecule has 3 rings (SSSR count). The molecule has 0 spiro atoms. The molecule has 0 aromatic heterocycles. The SMILES string of the molecule is C=CN(Cc1ccccc1-c1ccc(F)cc1)/C(=C\CC)C(=O)N1CCC(NCCO)CC1. The van der Waals surface area contributed by atoms with Crippen molar-refractivity contribution in [3.63, 3.8) is 0 Å². The Balaban J connectivity index is 1.77. The molecule has 0 atom stereocenters. The second-order valence-electron chi connectivity index (χ2n) is 8.22. The van der Waals surface area contributed by atoms with Crippen LogP contribution in [0.1, 0.15) is 31.7 Å². The fourth-order valence-electron chi connectivity index (χ4n) is 4.24. The average Bonchev–Trinajstić information content (AvgIpc) is 2.85. The van der Waals surface area contributed by atoms with E-state index in [1.165, 1.54) is 12.1 Å². The number of nitrogens with one attached hydrogen (secondary N) is 1. The number of carbonyl (C=O) groups is 1. The Morgan fingerprint density at radius 1 is 1.21 bits per heavy atom. The lowest BCUT2D eigenvalue weighted by Gasteiger charge is -2.35. The number of aliphatic hydroxyl groups excluding tert-OH is 1. The largest absolute Gasteiger partial charge is 0.395 e. The summed E-state index contributed by atoms with van der Waals surface area (Å²) in [5.41, 5.74) is 3.60. The summed E-state index contributed by atoms with van der Waals surface area (Å²) in [6.07, 6.45) is 6.13. The van der Waals surface area contributed by atoms with Gasteiger partial charge in [0.2, 0.25) is 0 Å². The summed E-state index contributed by atoms with van der Waals surface area (Å²) in [7, 11) is 0. The van der Waals surface area contributed by atoms with Crippen molar-refractivity contribution in [2.75, 3.05) is 26.2 Å². The zero-order chi connectivity index (χ0) is 23.6. The molecule has 0 radical (unpaired) electrons. The molecule has 5 nitrogen and oxygen atoms in total. The molecule has 0 saturated carbocycles. The molecule has 1 aliphatic heterocycles. The van der Waals surface area contributed by atoms with Crippen molar-refractivity contribution < 1.29 is 14.3 Å². The van der Waals surface area contributed by atoms with Crippen molar-refractivity contribution in [2.24, 2.45) is 0 Å². The Bertz CT molecular complexity index is 950. The first kappa shape index (κ1) is 24.7. The first-order chi connectivity index (χ1) is 16.1. The monoisotopic (exact) mass is 451 g/mol. The summed E-state index contributed by atoms with van der Waals surface area (Å²) < 4.78 is 13.4. The van der Waals surface area contributed by atoms with Gasteiger partial charge in [0.1, 0.15) is 11.5 Å². The zero-order valence-corrected chi connectivity index (χ0v) is 19.3. The van der Waals surface area contributed by atoms with Gasteiger partial charge in [0.25, 0.3) is 5.91 Å². The van der Waals surface area contributed by atoms with Crippen molar-refractivity contribution in [3.8, 4) is 11.1 Å². The fourth-order valence-corrected chi connectivity index (χ4v) is 4.24. The van der Waals surface area contributed by atoms with Crippen LogP contribution in [0.25, 0.3) is 11.1 Å². The third-order valence-corrected chi connectivity index (χ3v) is 5.99. The number of hydrogen-bond acceptors (Lipinski definition) is 4. The number of benzene rings is 2. The Morgan fingerprint density at radius 2 is 1.91 bits per heavy atom. The number of carbonyl (C=O) groups excluding carboxylic acids is 1. The van der Waals surface area contributed by atoms with E-state index in [2.05, 4.69) is 11.9 Å². The molecule has 2 aromatic carbocycles. The van der Waals surface area contributed by atoms with Crippen molar-refractivity contribution in [1.29, 1.82) is 0 Å². The van der Waals surface area contributed by atoms with Gasteiger partial charge in [0.05, 0.1) is 6.61 Å². The predicted molar refractivity (Wildman–Crippen MR) is 131 cm³/mol. The number of aliphatic hydroxyl groups is 1. The number of nitrogens with zero attached hydrogens (tertiary/aromatic N) is 2. The quantitative estimate of drug-likeness (QED) is 0.529. The highest BCUT2D eigenvalue weighted by Crippen LogP contribution is 2.27. The van der Waals surface area contributed by atoms with Gasteiger partial charge in [-0.1, -0.05) is 56.0 Å². The zero-order valence-electron chi connectivity index (χ0n) is 19.3. The predicted octanol–water partition coefficient (Wildman–Crippen LogP) is 4.31. The number of allylic oxidation sites excluding steroid dienone is 1. The first-order valence-electron chi connectivity index (χ1n) is 11.6. The van der Waals surface area contributed by atoms with Gasteiger partial charge in [-0.05, 0) is 54.3 Å². The van der Waals surface area contributed by atoms with Crippen LogP contribution in [0.15, 0.2) is 73.1 Å². The molecule has 2 N–H and O–H groups in total. The van der Waals surface area contributed by atoms with E-state index in [0.29, 0.717) is 37.9 Å². The van der Waals surface area contributed by atoms with Gasteiger partial charge in [-0.15, -0.1) is 0 Å². The van der Waals surface area contributed by atoms with Crippen LogP contribution in [-0.4, -0.2) is 53.1 Å². The van der Waals surface area contributed by atoms with E-state index in [1.54, 1.807) is 18.3 Å². The van der Waals surface area contributed by atoms with E-state index in [-0.39, 0.29) is 18.3 Å². The van der Waals surface area contributed by atoms with Crippen molar-refractivity contribution in [1.82, 2.24) is 15.1 Å². The molecule has 6 heteroatoms. The molecular weight excluding hydrogens is 417 g/mol. The van der Waals surface area contributed by atoms with Crippen LogP contribution in [0, 0.1) is 5.82 Å². The number of halogens is 1. The third-order valence-electron chi connectivity index (χ3n) is 5.99. The summed E-state index contributed by atoms with van der Waals surface area (Å²) in [6.45, 7) is 8.55. The van der Waals surface area contributed by atoms with Gasteiger partial charge in [0, 0.05) is 32.2 Å². The van der Waals surface area contributed by atoms with Crippen molar-refractivity contribution >= 4 is 5.91 Å². The van der Waals surface area contributed by atoms with Crippen LogP contribution in [0.2, 0.25) is 0 Å². The van der Waals surface area contributed by atoms with Crippen LogP contribution < -0.4 is 5.32 Å². The highest BCUT2D eigenvalue weighted by molar-refractivity contribution is 5.93. The average molecular weight is 452 g/mol. The number of piperidine rings is 1. The standard InChI is InChI=1S/C27H34FN3O2/c1-3-7-26(27(33)31-17-14-24(15-18-31)29-16-19-32)30(4-2)20-22-8-5-6-9-25(22)21-10-12-23(28)13-11-21/h4-13,24,29,32H,2-3,14-20H2,1H3/b26-7-. The molecule has 1 saturated heterocycles. The van der Waals surface area contributed by atoms with Crippen LogP contribution in [0.3, 0.4) is 0 Å². The number of rotatable bonds is 10. The molecule has 0 unspecified atom stereocenters. The topological polar surface area (TPSA) is 55.8 Å². The summed E-state index contributed by atoms with van der Waals surface area (Å²) in [4.78, 5) is 17.3. The summed E-state index contributed by atoms with van der Waals surface area (Å²) in [6, 6.07) is 14.8. The van der Waals surface area contributed by atoms with Gasteiger partial charge in [0.15, 0.2) is 0 Å². The maximum Gasteiger partial charge on any atom is 0.270 e. The fraction of sp³-hybridized carbons (Fsp3) is 0.370. The highest BCUT2D eigenvalue weighted by Gasteiger charge is 2.27. The molecule has 1 amide bonds. The van der Waals surface area contributed by atoms with E-state index in [9.17, 15) is 9.18 Å². The molecule has 1 heterocycles. The number of amides is 1.